The maximum atomic E-state index is 13.9. The van der Waals surface area contributed by atoms with Crippen LogP contribution in [0.25, 0.3) is 28.0 Å². The zero-order chi connectivity index (χ0) is 23.7. The van der Waals surface area contributed by atoms with Crippen LogP contribution in [0.1, 0.15) is 35.6 Å². The first kappa shape index (κ1) is 25.3. The van der Waals surface area contributed by atoms with E-state index in [9.17, 15) is 26.3 Å². The van der Waals surface area contributed by atoms with Crippen molar-refractivity contribution in [1.82, 2.24) is 0 Å². The molecule has 0 N–H and O–H groups in total. The Balaban J connectivity index is 0.000000913. The molecule has 4 rings (SSSR count). The molecule has 0 amide bonds. The molecule has 1 aliphatic carbocycles. The summed E-state index contributed by atoms with van der Waals surface area (Å²) in [5, 5.41) is -0.316. The van der Waals surface area contributed by atoms with Crippen LogP contribution in [0.3, 0.4) is 0 Å². The van der Waals surface area contributed by atoms with E-state index in [2.05, 4.69) is 0 Å². The summed E-state index contributed by atoms with van der Waals surface area (Å²) < 4.78 is 82.5. The molecule has 0 heterocycles. The van der Waals surface area contributed by atoms with E-state index in [0.717, 1.165) is 11.1 Å². The summed E-state index contributed by atoms with van der Waals surface area (Å²) in [6, 6.07) is 10.6. The third-order valence-electron chi connectivity index (χ3n) is 5.14. The second-order valence-corrected chi connectivity index (χ2v) is 10.7. The van der Waals surface area contributed by atoms with Crippen molar-refractivity contribution in [1.29, 1.82) is 0 Å². The second-order valence-electron chi connectivity index (χ2n) is 6.98. The van der Waals surface area contributed by atoms with Gasteiger partial charge in [0.25, 0.3) is 0 Å². The summed E-state index contributed by atoms with van der Waals surface area (Å²) >= 11 is -0.826. The molecule has 167 valence electrons. The Kier molecular flexibility index (Phi) is 7.84. The number of alkyl halides is 6. The Hall–Kier alpha value is -1.30. The predicted octanol–water partition coefficient (Wildman–Crippen LogP) is 9.28. The molecule has 0 spiro atoms. The third-order valence-corrected chi connectivity index (χ3v) is 5.14. The van der Waals surface area contributed by atoms with Crippen molar-refractivity contribution in [3.8, 4) is 11.1 Å². The molecule has 3 aromatic rings. The van der Waals surface area contributed by atoms with E-state index in [1.54, 1.807) is 18.2 Å². The fourth-order valence-corrected chi connectivity index (χ4v) is 3.84. The summed E-state index contributed by atoms with van der Waals surface area (Å²) in [7, 11) is 9.87. The number of rotatable bonds is 2. The minimum absolute atomic E-state index is 0.0681. The van der Waals surface area contributed by atoms with Crippen molar-refractivity contribution < 1.29 is 47.2 Å². The van der Waals surface area contributed by atoms with Crippen LogP contribution >= 0.6 is 17.0 Å². The molecule has 1 radical (unpaired) electrons. The molecule has 0 aliphatic heterocycles. The molecule has 0 saturated carbocycles. The molecule has 0 atom stereocenters. The molecule has 0 nitrogen and oxygen atoms in total. The van der Waals surface area contributed by atoms with Gasteiger partial charge in [0, 0.05) is 12.0 Å². The molecular formula is C23H15Cl2F6Zr. The Bertz CT molecular complexity index is 1170. The Morgan fingerprint density at radius 1 is 0.812 bits per heavy atom. The average Bonchev–Trinajstić information content (AvgIpc) is 3.15. The molecule has 0 aromatic heterocycles. The SMILES string of the molecule is CCC1=Cc2c(cccc2-c2c(C(F)(F)F)cc(C(F)(F)F)c3ccccc23)[CH]1.[Cl][Zr][Cl]. The molecule has 0 fully saturated rings. The fraction of sp³-hybridized carbons (Fsp3) is 0.174. The summed E-state index contributed by atoms with van der Waals surface area (Å²) in [5.74, 6) is 0. The molecule has 3 aromatic carbocycles. The van der Waals surface area contributed by atoms with E-state index >= 15 is 0 Å². The van der Waals surface area contributed by atoms with Crippen LogP contribution in [0.5, 0.6) is 0 Å². The Labute approximate surface area is 199 Å². The molecular weight excluding hydrogens is 552 g/mol. The van der Waals surface area contributed by atoms with Gasteiger partial charge in [-0.2, -0.15) is 26.3 Å². The van der Waals surface area contributed by atoms with Crippen molar-refractivity contribution >= 4 is 33.9 Å². The number of hydrogen-bond donors (Lipinski definition) is 0. The van der Waals surface area contributed by atoms with Crippen LogP contribution in [0.2, 0.25) is 0 Å². The normalized spacial score (nSPS) is 13.3. The average molecular weight is 567 g/mol. The maximum absolute atomic E-state index is 13.9. The van der Waals surface area contributed by atoms with Gasteiger partial charge in [-0.05, 0) is 39.9 Å². The molecule has 9 heteroatoms. The molecule has 32 heavy (non-hydrogen) atoms. The van der Waals surface area contributed by atoms with Gasteiger partial charge in [-0.25, -0.2) is 0 Å². The fourth-order valence-electron chi connectivity index (χ4n) is 3.84. The summed E-state index contributed by atoms with van der Waals surface area (Å²) in [6.07, 6.45) is -5.45. The minimum atomic E-state index is -4.94. The van der Waals surface area contributed by atoms with Crippen molar-refractivity contribution in [2.24, 2.45) is 0 Å². The zero-order valence-electron chi connectivity index (χ0n) is 16.5. The standard InChI is InChI=1S/C23H15F6.2ClH.Zr/c1-2-13-10-14-6-5-9-17(18(14)11-13)21-16-8-4-3-7-15(16)19(22(24,25)26)12-20(21)23(27,28)29;;;/h3-12H,2H2,1H3;2*1H;/q;;;+2/p-2. The number of allylic oxidation sites excluding steroid dienone is 1. The van der Waals surface area contributed by atoms with Gasteiger partial charge in [0.1, 0.15) is 0 Å². The molecule has 0 unspecified atom stereocenters. The van der Waals surface area contributed by atoms with Gasteiger partial charge in [-0.15, -0.1) is 0 Å². The van der Waals surface area contributed by atoms with Crippen LogP contribution in [0.4, 0.5) is 26.3 Å². The van der Waals surface area contributed by atoms with E-state index in [1.165, 1.54) is 30.3 Å². The van der Waals surface area contributed by atoms with E-state index in [0.29, 0.717) is 12.0 Å². The van der Waals surface area contributed by atoms with E-state index in [4.69, 9.17) is 17.0 Å². The number of hydrogen-bond acceptors (Lipinski definition) is 0. The van der Waals surface area contributed by atoms with Crippen molar-refractivity contribution in [3.63, 3.8) is 0 Å². The topological polar surface area (TPSA) is 0 Å². The van der Waals surface area contributed by atoms with Crippen LogP contribution < -0.4 is 0 Å². The quantitative estimate of drug-likeness (QED) is 0.271. The molecule has 1 aliphatic rings. The Morgan fingerprint density at radius 3 is 1.97 bits per heavy atom. The van der Waals surface area contributed by atoms with Crippen molar-refractivity contribution in [3.05, 3.63) is 82.8 Å². The first-order chi connectivity index (χ1) is 15.0. The third kappa shape index (κ3) is 5.10. The zero-order valence-corrected chi connectivity index (χ0v) is 20.5. The van der Waals surface area contributed by atoms with Gasteiger partial charge in [0.2, 0.25) is 0 Å². The van der Waals surface area contributed by atoms with E-state index < -0.39 is 44.3 Å². The molecule has 0 bridgehead atoms. The van der Waals surface area contributed by atoms with E-state index in [-0.39, 0.29) is 28.0 Å². The second kappa shape index (κ2) is 9.91. The van der Waals surface area contributed by atoms with Crippen LogP contribution in [0, 0.1) is 6.42 Å². The number of halogens is 8. The van der Waals surface area contributed by atoms with Gasteiger partial charge in [0.05, 0.1) is 11.1 Å². The van der Waals surface area contributed by atoms with E-state index in [1.807, 2.05) is 13.3 Å². The Morgan fingerprint density at radius 2 is 1.41 bits per heavy atom. The number of fused-ring (bicyclic) bond motifs is 2. The van der Waals surface area contributed by atoms with Gasteiger partial charge in [-0.3, -0.25) is 0 Å². The summed E-state index contributed by atoms with van der Waals surface area (Å²) in [4.78, 5) is 0. The van der Waals surface area contributed by atoms with Crippen LogP contribution in [0.15, 0.2) is 54.1 Å². The monoisotopic (exact) mass is 565 g/mol. The predicted molar refractivity (Wildman–Crippen MR) is 113 cm³/mol. The van der Waals surface area contributed by atoms with Crippen molar-refractivity contribution in [2.45, 2.75) is 25.7 Å². The van der Waals surface area contributed by atoms with Gasteiger partial charge in [-0.1, -0.05) is 61.0 Å². The van der Waals surface area contributed by atoms with Crippen LogP contribution in [-0.2, 0) is 33.2 Å². The molecule has 0 saturated heterocycles. The number of benzene rings is 3. The summed E-state index contributed by atoms with van der Waals surface area (Å²) in [5.41, 5.74) is -0.198. The first-order valence-corrected chi connectivity index (χ1v) is 15.7. The van der Waals surface area contributed by atoms with Crippen LogP contribution in [-0.4, -0.2) is 0 Å². The van der Waals surface area contributed by atoms with Gasteiger partial charge < -0.3 is 0 Å². The van der Waals surface area contributed by atoms with Gasteiger partial charge in [0.15, 0.2) is 0 Å². The van der Waals surface area contributed by atoms with Gasteiger partial charge >= 0.3 is 50.2 Å². The summed E-state index contributed by atoms with van der Waals surface area (Å²) in [6.45, 7) is 1.93. The first-order valence-electron chi connectivity index (χ1n) is 9.38. The van der Waals surface area contributed by atoms with Crippen molar-refractivity contribution in [2.75, 3.05) is 0 Å².